The summed E-state index contributed by atoms with van der Waals surface area (Å²) in [4.78, 5) is 2.49. The third-order valence-corrected chi connectivity index (χ3v) is 4.68. The van der Waals surface area contributed by atoms with Crippen LogP contribution in [0.3, 0.4) is 0 Å². The summed E-state index contributed by atoms with van der Waals surface area (Å²) in [6.45, 7) is 4.10. The Balaban J connectivity index is 1.40. The van der Waals surface area contributed by atoms with Gasteiger partial charge >= 0.3 is 0 Å². The van der Waals surface area contributed by atoms with Crippen LogP contribution >= 0.6 is 0 Å². The molecule has 0 aliphatic carbocycles. The van der Waals surface area contributed by atoms with Crippen LogP contribution in [0.25, 0.3) is 0 Å². The van der Waals surface area contributed by atoms with Crippen molar-refractivity contribution in [2.24, 2.45) is 5.92 Å². The van der Waals surface area contributed by atoms with Gasteiger partial charge in [0, 0.05) is 13.1 Å². The average Bonchev–Trinajstić information content (AvgIpc) is 3.10. The van der Waals surface area contributed by atoms with Gasteiger partial charge in [0.1, 0.15) is 6.33 Å². The molecular formula is C17H23F2N5. The monoisotopic (exact) mass is 335 g/mol. The number of aromatic nitrogens is 4. The van der Waals surface area contributed by atoms with E-state index < -0.39 is 11.6 Å². The zero-order valence-electron chi connectivity index (χ0n) is 13.7. The first-order valence-electron chi connectivity index (χ1n) is 8.58. The predicted octanol–water partition coefficient (Wildman–Crippen LogP) is 2.69. The standard InChI is InChI=1S/C17H23F2N5/c18-16-7-6-14(11-17(16)19)4-5-15-3-1-8-23(12-15)9-2-10-24-13-20-21-22-24/h6-7,11,13,15H,1-5,8-10,12H2/t15-/m0/s1. The molecule has 1 fully saturated rings. The number of hydrogen-bond donors (Lipinski definition) is 0. The van der Waals surface area contributed by atoms with Gasteiger partial charge in [-0.3, -0.25) is 0 Å². The lowest BCUT2D eigenvalue weighted by Gasteiger charge is -2.32. The smallest absolute Gasteiger partial charge is 0.159 e. The maximum atomic E-state index is 13.3. The molecule has 1 aliphatic rings. The van der Waals surface area contributed by atoms with Crippen LogP contribution in [0, 0.1) is 17.6 Å². The normalized spacial score (nSPS) is 18.8. The largest absolute Gasteiger partial charge is 0.303 e. The van der Waals surface area contributed by atoms with Gasteiger partial charge in [-0.25, -0.2) is 13.5 Å². The topological polar surface area (TPSA) is 46.8 Å². The summed E-state index contributed by atoms with van der Waals surface area (Å²) in [6.07, 6.45) is 6.91. The molecule has 0 saturated carbocycles. The molecule has 0 N–H and O–H groups in total. The molecule has 2 heterocycles. The Morgan fingerprint density at radius 1 is 1.17 bits per heavy atom. The van der Waals surface area contributed by atoms with E-state index in [1.54, 1.807) is 17.1 Å². The van der Waals surface area contributed by atoms with Gasteiger partial charge in [-0.2, -0.15) is 0 Å². The van der Waals surface area contributed by atoms with Crippen molar-refractivity contribution in [3.05, 3.63) is 41.7 Å². The summed E-state index contributed by atoms with van der Waals surface area (Å²) in [5.41, 5.74) is 0.879. The minimum atomic E-state index is -0.773. The molecule has 1 saturated heterocycles. The highest BCUT2D eigenvalue weighted by atomic mass is 19.2. The fourth-order valence-electron chi connectivity index (χ4n) is 3.39. The molecule has 0 bridgehead atoms. The SMILES string of the molecule is Fc1ccc(CC[C@@H]2CCCN(CCCn3cnnn3)C2)cc1F. The minimum Gasteiger partial charge on any atom is -0.303 e. The molecular weight excluding hydrogens is 312 g/mol. The molecule has 2 aromatic rings. The minimum absolute atomic E-state index is 0.625. The first-order valence-corrected chi connectivity index (χ1v) is 8.58. The van der Waals surface area contributed by atoms with E-state index >= 15 is 0 Å². The van der Waals surface area contributed by atoms with Crippen LogP contribution < -0.4 is 0 Å². The molecule has 24 heavy (non-hydrogen) atoms. The second-order valence-corrected chi connectivity index (χ2v) is 6.52. The lowest BCUT2D eigenvalue weighted by Crippen LogP contribution is -2.36. The first-order chi connectivity index (χ1) is 11.7. The Bertz CT molecular complexity index is 632. The predicted molar refractivity (Wildman–Crippen MR) is 86.3 cm³/mol. The fourth-order valence-corrected chi connectivity index (χ4v) is 3.39. The molecule has 130 valence electrons. The lowest BCUT2D eigenvalue weighted by atomic mass is 9.91. The van der Waals surface area contributed by atoms with Crippen molar-refractivity contribution in [3.63, 3.8) is 0 Å². The van der Waals surface area contributed by atoms with Gasteiger partial charge in [-0.15, -0.1) is 5.10 Å². The van der Waals surface area contributed by atoms with Crippen molar-refractivity contribution in [1.82, 2.24) is 25.1 Å². The average molecular weight is 335 g/mol. The molecule has 0 radical (unpaired) electrons. The van der Waals surface area contributed by atoms with Crippen molar-refractivity contribution in [2.75, 3.05) is 19.6 Å². The molecule has 1 atom stereocenters. The van der Waals surface area contributed by atoms with Gasteiger partial charge in [-0.05, 0) is 79.2 Å². The Morgan fingerprint density at radius 3 is 2.88 bits per heavy atom. The van der Waals surface area contributed by atoms with Crippen LogP contribution in [0.1, 0.15) is 31.2 Å². The maximum absolute atomic E-state index is 13.3. The molecule has 3 rings (SSSR count). The van der Waals surface area contributed by atoms with E-state index in [2.05, 4.69) is 20.4 Å². The third-order valence-electron chi connectivity index (χ3n) is 4.68. The molecule has 0 amide bonds. The van der Waals surface area contributed by atoms with Gasteiger partial charge < -0.3 is 4.90 Å². The van der Waals surface area contributed by atoms with Crippen LogP contribution in [-0.4, -0.2) is 44.7 Å². The Morgan fingerprint density at radius 2 is 2.08 bits per heavy atom. The summed E-state index contributed by atoms with van der Waals surface area (Å²) in [6, 6.07) is 4.23. The van der Waals surface area contributed by atoms with Crippen molar-refractivity contribution in [1.29, 1.82) is 0 Å². The quantitative estimate of drug-likeness (QED) is 0.780. The Hall–Kier alpha value is -1.89. The van der Waals surface area contributed by atoms with Crippen molar-refractivity contribution in [2.45, 2.75) is 38.6 Å². The second-order valence-electron chi connectivity index (χ2n) is 6.52. The van der Waals surface area contributed by atoms with Gasteiger partial charge in [0.15, 0.2) is 11.6 Å². The van der Waals surface area contributed by atoms with Gasteiger partial charge in [0.2, 0.25) is 0 Å². The van der Waals surface area contributed by atoms with Gasteiger partial charge in [0.25, 0.3) is 0 Å². The number of halogens is 2. The number of aryl methyl sites for hydroxylation is 2. The van der Waals surface area contributed by atoms with E-state index in [0.717, 1.165) is 51.0 Å². The molecule has 1 aromatic heterocycles. The van der Waals surface area contributed by atoms with Crippen molar-refractivity contribution in [3.8, 4) is 0 Å². The summed E-state index contributed by atoms with van der Waals surface area (Å²) in [5, 5.41) is 11.1. The van der Waals surface area contributed by atoms with Crippen molar-refractivity contribution >= 4 is 0 Å². The Kier molecular flexibility index (Phi) is 5.85. The highest BCUT2D eigenvalue weighted by molar-refractivity contribution is 5.17. The fraction of sp³-hybridized carbons (Fsp3) is 0.588. The maximum Gasteiger partial charge on any atom is 0.159 e. The van der Waals surface area contributed by atoms with Gasteiger partial charge in [-0.1, -0.05) is 6.07 Å². The number of piperidine rings is 1. The number of rotatable bonds is 7. The third kappa shape index (κ3) is 4.80. The van der Waals surface area contributed by atoms with E-state index in [0.29, 0.717) is 5.92 Å². The van der Waals surface area contributed by atoms with Crippen LogP contribution in [0.15, 0.2) is 24.5 Å². The Labute approximate surface area is 140 Å². The molecule has 1 aliphatic heterocycles. The van der Waals surface area contributed by atoms with E-state index in [1.807, 2.05) is 0 Å². The van der Waals surface area contributed by atoms with E-state index in [-0.39, 0.29) is 0 Å². The number of hydrogen-bond acceptors (Lipinski definition) is 4. The first kappa shape index (κ1) is 17.0. The van der Waals surface area contributed by atoms with Gasteiger partial charge in [0.05, 0.1) is 0 Å². The number of tetrazole rings is 1. The number of benzene rings is 1. The molecule has 7 heteroatoms. The van der Waals surface area contributed by atoms with E-state index in [4.69, 9.17) is 0 Å². The molecule has 0 unspecified atom stereocenters. The molecule has 5 nitrogen and oxygen atoms in total. The molecule has 0 spiro atoms. The second kappa shape index (κ2) is 8.28. The highest BCUT2D eigenvalue weighted by Gasteiger charge is 2.19. The summed E-state index contributed by atoms with van der Waals surface area (Å²) in [7, 11) is 0. The van der Waals surface area contributed by atoms with E-state index in [1.165, 1.54) is 25.0 Å². The van der Waals surface area contributed by atoms with Crippen LogP contribution in [0.4, 0.5) is 8.78 Å². The molecule has 1 aromatic carbocycles. The summed E-state index contributed by atoms with van der Waals surface area (Å²) >= 11 is 0. The number of nitrogens with zero attached hydrogens (tertiary/aromatic N) is 5. The highest BCUT2D eigenvalue weighted by Crippen LogP contribution is 2.22. The number of likely N-dealkylation sites (tertiary alicyclic amines) is 1. The van der Waals surface area contributed by atoms with Crippen LogP contribution in [0.5, 0.6) is 0 Å². The zero-order valence-corrected chi connectivity index (χ0v) is 13.7. The van der Waals surface area contributed by atoms with Crippen molar-refractivity contribution < 1.29 is 8.78 Å². The summed E-state index contributed by atoms with van der Waals surface area (Å²) < 4.78 is 28.0. The summed E-state index contributed by atoms with van der Waals surface area (Å²) in [5.74, 6) is -0.898. The lowest BCUT2D eigenvalue weighted by molar-refractivity contribution is 0.164. The van der Waals surface area contributed by atoms with Crippen LogP contribution in [0.2, 0.25) is 0 Å². The van der Waals surface area contributed by atoms with Crippen LogP contribution in [-0.2, 0) is 13.0 Å². The zero-order chi connectivity index (χ0) is 16.8. The van der Waals surface area contributed by atoms with E-state index in [9.17, 15) is 8.78 Å².